The first-order valence-electron chi connectivity index (χ1n) is 5.39. The van der Waals surface area contributed by atoms with Gasteiger partial charge in [0.15, 0.2) is 10.9 Å². The number of thiazole rings is 1. The first-order chi connectivity index (χ1) is 8.13. The first kappa shape index (κ1) is 11.8. The number of hydrogen-bond acceptors (Lipinski definition) is 4. The molecule has 1 aromatic carbocycles. The van der Waals surface area contributed by atoms with E-state index in [-0.39, 0.29) is 5.78 Å². The molecular weight excluding hydrogens is 232 g/mol. The first-order valence-corrected chi connectivity index (χ1v) is 6.20. The van der Waals surface area contributed by atoms with Crippen LogP contribution in [0, 0.1) is 6.92 Å². The third kappa shape index (κ3) is 2.22. The zero-order chi connectivity index (χ0) is 12.4. The van der Waals surface area contributed by atoms with Gasteiger partial charge in [-0.15, -0.1) is 0 Å². The topological polar surface area (TPSA) is 42.0 Å². The lowest BCUT2D eigenvalue weighted by Crippen LogP contribution is -1.96. The van der Waals surface area contributed by atoms with Gasteiger partial charge in [0.05, 0.1) is 4.88 Å². The van der Waals surface area contributed by atoms with Gasteiger partial charge in [0.1, 0.15) is 5.69 Å². The quantitative estimate of drug-likeness (QED) is 0.844. The molecule has 88 valence electrons. The van der Waals surface area contributed by atoms with Crippen LogP contribution in [0.5, 0.6) is 0 Å². The van der Waals surface area contributed by atoms with E-state index >= 15 is 0 Å². The minimum Gasteiger partial charge on any atom is -0.365 e. The molecule has 1 N–H and O–H groups in total. The maximum Gasteiger partial charge on any atom is 0.183 e. The molecule has 0 fully saturated rings. The molecular formula is C13H14N2OS. The summed E-state index contributed by atoms with van der Waals surface area (Å²) < 4.78 is 0. The van der Waals surface area contributed by atoms with Crippen molar-refractivity contribution < 1.29 is 4.79 Å². The van der Waals surface area contributed by atoms with E-state index in [1.54, 1.807) is 6.92 Å². The number of benzene rings is 1. The van der Waals surface area contributed by atoms with Gasteiger partial charge in [0, 0.05) is 14.0 Å². The van der Waals surface area contributed by atoms with Crippen molar-refractivity contribution in [3.8, 4) is 10.4 Å². The molecule has 0 amide bonds. The third-order valence-electron chi connectivity index (χ3n) is 2.56. The van der Waals surface area contributed by atoms with Crippen LogP contribution < -0.4 is 5.32 Å². The van der Waals surface area contributed by atoms with Crippen molar-refractivity contribution in [2.45, 2.75) is 13.8 Å². The SMILES string of the molecule is CNc1nc(C(C)=O)c(-c2ccccc2C)s1. The molecule has 0 unspecified atom stereocenters. The van der Waals surface area contributed by atoms with E-state index in [2.05, 4.69) is 10.3 Å². The Morgan fingerprint density at radius 2 is 2.06 bits per heavy atom. The van der Waals surface area contributed by atoms with E-state index in [0.29, 0.717) is 5.69 Å². The van der Waals surface area contributed by atoms with Crippen LogP contribution in [0.4, 0.5) is 5.13 Å². The Morgan fingerprint density at radius 3 is 2.65 bits per heavy atom. The zero-order valence-electron chi connectivity index (χ0n) is 10.1. The predicted molar refractivity (Wildman–Crippen MR) is 71.8 cm³/mol. The van der Waals surface area contributed by atoms with E-state index in [0.717, 1.165) is 21.1 Å². The number of Topliss-reactive ketones (excluding diaryl/α,β-unsaturated/α-hetero) is 1. The number of aromatic nitrogens is 1. The van der Waals surface area contributed by atoms with Crippen molar-refractivity contribution in [2.24, 2.45) is 0 Å². The number of nitrogens with one attached hydrogen (secondary N) is 1. The van der Waals surface area contributed by atoms with Crippen molar-refractivity contribution in [3.05, 3.63) is 35.5 Å². The second kappa shape index (κ2) is 4.67. The van der Waals surface area contributed by atoms with E-state index in [1.807, 2.05) is 38.2 Å². The Hall–Kier alpha value is -1.68. The molecule has 0 spiro atoms. The number of hydrogen-bond donors (Lipinski definition) is 1. The van der Waals surface area contributed by atoms with Gasteiger partial charge in [-0.25, -0.2) is 4.98 Å². The van der Waals surface area contributed by atoms with Crippen molar-refractivity contribution >= 4 is 22.3 Å². The van der Waals surface area contributed by atoms with Crippen LogP contribution in [0.15, 0.2) is 24.3 Å². The molecule has 2 aromatic rings. The number of aryl methyl sites for hydroxylation is 1. The van der Waals surface area contributed by atoms with Crippen LogP contribution in [0.25, 0.3) is 10.4 Å². The maximum absolute atomic E-state index is 11.6. The summed E-state index contributed by atoms with van der Waals surface area (Å²) in [6.07, 6.45) is 0. The summed E-state index contributed by atoms with van der Waals surface area (Å²) in [5.74, 6) is 0.000929. The van der Waals surface area contributed by atoms with Crippen LogP contribution in [0.1, 0.15) is 23.0 Å². The molecule has 0 aliphatic heterocycles. The number of nitrogens with zero attached hydrogens (tertiary/aromatic N) is 1. The van der Waals surface area contributed by atoms with Crippen molar-refractivity contribution in [1.29, 1.82) is 0 Å². The molecule has 1 heterocycles. The molecule has 3 nitrogen and oxygen atoms in total. The Bertz CT molecular complexity index is 560. The molecule has 0 radical (unpaired) electrons. The van der Waals surface area contributed by atoms with Gasteiger partial charge in [-0.05, 0) is 18.1 Å². The molecule has 0 atom stereocenters. The van der Waals surface area contributed by atoms with Crippen molar-refractivity contribution in [2.75, 3.05) is 12.4 Å². The summed E-state index contributed by atoms with van der Waals surface area (Å²) in [5, 5.41) is 3.76. The predicted octanol–water partition coefficient (Wildman–Crippen LogP) is 3.36. The molecule has 0 saturated heterocycles. The monoisotopic (exact) mass is 246 g/mol. The maximum atomic E-state index is 11.6. The van der Waals surface area contributed by atoms with Crippen LogP contribution in [0.3, 0.4) is 0 Å². The largest absolute Gasteiger partial charge is 0.365 e. The zero-order valence-corrected chi connectivity index (χ0v) is 10.9. The molecule has 17 heavy (non-hydrogen) atoms. The number of rotatable bonds is 3. The summed E-state index contributed by atoms with van der Waals surface area (Å²) in [7, 11) is 1.81. The molecule has 0 aliphatic carbocycles. The highest BCUT2D eigenvalue weighted by molar-refractivity contribution is 7.19. The highest BCUT2D eigenvalue weighted by Gasteiger charge is 2.17. The highest BCUT2D eigenvalue weighted by Crippen LogP contribution is 2.34. The lowest BCUT2D eigenvalue weighted by molar-refractivity contribution is 0.101. The fourth-order valence-corrected chi connectivity index (χ4v) is 2.73. The number of anilines is 1. The smallest absolute Gasteiger partial charge is 0.183 e. The van der Waals surface area contributed by atoms with Crippen LogP contribution in [0.2, 0.25) is 0 Å². The summed E-state index contributed by atoms with van der Waals surface area (Å²) >= 11 is 1.51. The average Bonchev–Trinajstić information content (AvgIpc) is 2.73. The van der Waals surface area contributed by atoms with Gasteiger partial charge in [0.2, 0.25) is 0 Å². The molecule has 0 aliphatic rings. The van der Waals surface area contributed by atoms with Gasteiger partial charge in [-0.2, -0.15) is 0 Å². The fraction of sp³-hybridized carbons (Fsp3) is 0.231. The molecule has 1 aromatic heterocycles. The van der Waals surface area contributed by atoms with Crippen LogP contribution in [-0.4, -0.2) is 17.8 Å². The lowest BCUT2D eigenvalue weighted by Gasteiger charge is -2.03. The number of carbonyl (C=O) groups is 1. The molecule has 0 saturated carbocycles. The van der Waals surface area contributed by atoms with E-state index in [1.165, 1.54) is 11.3 Å². The van der Waals surface area contributed by atoms with Gasteiger partial charge in [-0.1, -0.05) is 35.6 Å². The molecule has 0 bridgehead atoms. The second-order valence-electron chi connectivity index (χ2n) is 3.82. The van der Waals surface area contributed by atoms with Crippen molar-refractivity contribution in [3.63, 3.8) is 0 Å². The minimum absolute atomic E-state index is 0.000929. The standard InChI is InChI=1S/C13H14N2OS/c1-8-6-4-5-7-10(8)12-11(9(2)16)15-13(14-3)17-12/h4-7H,1-3H3,(H,14,15). The Balaban J connectivity index is 2.62. The number of ketones is 1. The van der Waals surface area contributed by atoms with Gasteiger partial charge in [-0.3, -0.25) is 4.79 Å². The lowest BCUT2D eigenvalue weighted by atomic mass is 10.1. The summed E-state index contributed by atoms with van der Waals surface area (Å²) in [5.41, 5.74) is 2.78. The average molecular weight is 246 g/mol. The molecule has 4 heteroatoms. The normalized spacial score (nSPS) is 10.3. The van der Waals surface area contributed by atoms with E-state index in [9.17, 15) is 4.79 Å². The van der Waals surface area contributed by atoms with E-state index < -0.39 is 0 Å². The minimum atomic E-state index is 0.000929. The van der Waals surface area contributed by atoms with Gasteiger partial charge in [0.25, 0.3) is 0 Å². The Morgan fingerprint density at radius 1 is 1.35 bits per heavy atom. The second-order valence-corrected chi connectivity index (χ2v) is 4.82. The van der Waals surface area contributed by atoms with Gasteiger partial charge >= 0.3 is 0 Å². The summed E-state index contributed by atoms with van der Waals surface area (Å²) in [6.45, 7) is 3.59. The van der Waals surface area contributed by atoms with Crippen LogP contribution in [-0.2, 0) is 0 Å². The summed E-state index contributed by atoms with van der Waals surface area (Å²) in [4.78, 5) is 16.8. The third-order valence-corrected chi connectivity index (χ3v) is 3.67. The van der Waals surface area contributed by atoms with Gasteiger partial charge < -0.3 is 5.32 Å². The highest BCUT2D eigenvalue weighted by atomic mass is 32.1. The fourth-order valence-electron chi connectivity index (χ4n) is 1.68. The summed E-state index contributed by atoms with van der Waals surface area (Å²) in [6, 6.07) is 8.03. The Kier molecular flexibility index (Phi) is 3.24. The van der Waals surface area contributed by atoms with Crippen LogP contribution >= 0.6 is 11.3 Å². The molecule has 2 rings (SSSR count). The number of carbonyl (C=O) groups excluding carboxylic acids is 1. The van der Waals surface area contributed by atoms with E-state index in [4.69, 9.17) is 0 Å². The van der Waals surface area contributed by atoms with Crippen molar-refractivity contribution in [1.82, 2.24) is 4.98 Å². The Labute approximate surface area is 105 Å².